The molecule has 0 radical (unpaired) electrons. The number of carboxylic acid groups (broad SMARTS) is 1. The summed E-state index contributed by atoms with van der Waals surface area (Å²) in [7, 11) is 0. The molecular formula is C7H6Cl2N2O7. The minimum Gasteiger partial charge on any atom is -0.497 e. The minimum absolute atomic E-state index is 0. The van der Waals surface area contributed by atoms with Crippen LogP contribution in [-0.4, -0.2) is 26.0 Å². The summed E-state index contributed by atoms with van der Waals surface area (Å²) < 4.78 is 0. The summed E-state index contributed by atoms with van der Waals surface area (Å²) in [5, 5.41) is 38.5. The van der Waals surface area contributed by atoms with Crippen molar-refractivity contribution in [2.24, 2.45) is 0 Å². The van der Waals surface area contributed by atoms with Crippen LogP contribution < -0.4 is 0 Å². The van der Waals surface area contributed by atoms with Crippen LogP contribution in [0.3, 0.4) is 0 Å². The van der Waals surface area contributed by atoms with E-state index in [4.69, 9.17) is 10.2 Å². The number of hydrogen-bond acceptors (Lipinski definition) is 6. The van der Waals surface area contributed by atoms with E-state index < -0.39 is 38.5 Å². The fraction of sp³-hybridized carbons (Fsp3) is 0. The lowest BCUT2D eigenvalue weighted by molar-refractivity contribution is -0.396. The molecule has 9 nitrogen and oxygen atoms in total. The highest BCUT2D eigenvalue weighted by Crippen LogP contribution is 2.36. The maximum absolute atomic E-state index is 10.5. The van der Waals surface area contributed by atoms with Crippen molar-refractivity contribution in [3.05, 3.63) is 37.9 Å². The number of nitro benzene ring substituents is 2. The molecule has 0 bridgehead atoms. The number of carbonyl (C=O) groups is 1. The Morgan fingerprint density at radius 1 is 1.06 bits per heavy atom. The topological polar surface area (TPSA) is 144 Å². The summed E-state index contributed by atoms with van der Waals surface area (Å²) in [6, 6.07) is 1.09. The number of halogens is 2. The summed E-state index contributed by atoms with van der Waals surface area (Å²) in [5.74, 6) is -2.73. The quantitative estimate of drug-likeness (QED) is 0.639. The van der Waals surface area contributed by atoms with Gasteiger partial charge in [0.2, 0.25) is 0 Å². The molecule has 0 fully saturated rings. The monoisotopic (exact) mass is 300 g/mol. The average molecular weight is 301 g/mol. The molecule has 0 aliphatic heterocycles. The third kappa shape index (κ3) is 3.43. The molecule has 0 unspecified atom stereocenters. The maximum Gasteiger partial charge on any atom is 0.336 e. The highest BCUT2D eigenvalue weighted by molar-refractivity contribution is 5.90. The van der Waals surface area contributed by atoms with Gasteiger partial charge >= 0.3 is 17.3 Å². The lowest BCUT2D eigenvalue weighted by Gasteiger charge is -1.99. The van der Waals surface area contributed by atoms with Crippen LogP contribution in [0.1, 0.15) is 10.4 Å². The minimum atomic E-state index is -1.56. The van der Waals surface area contributed by atoms with Crippen molar-refractivity contribution >= 4 is 42.2 Å². The average Bonchev–Trinajstić information content (AvgIpc) is 2.16. The van der Waals surface area contributed by atoms with Gasteiger partial charge in [0.15, 0.2) is 0 Å². The fourth-order valence-electron chi connectivity index (χ4n) is 1.01. The summed E-state index contributed by atoms with van der Waals surface area (Å²) in [4.78, 5) is 29.1. The van der Waals surface area contributed by atoms with Gasteiger partial charge in [0.1, 0.15) is 0 Å². The Hall–Kier alpha value is -2.13. The van der Waals surface area contributed by atoms with Gasteiger partial charge in [-0.1, -0.05) is 0 Å². The second kappa shape index (κ2) is 6.57. The number of phenols is 1. The van der Waals surface area contributed by atoms with Crippen molar-refractivity contribution in [1.29, 1.82) is 0 Å². The first kappa shape index (κ1) is 18.2. The van der Waals surface area contributed by atoms with Crippen LogP contribution in [0, 0.1) is 20.2 Å². The van der Waals surface area contributed by atoms with Crippen LogP contribution in [0.25, 0.3) is 0 Å². The van der Waals surface area contributed by atoms with Crippen LogP contribution >= 0.6 is 24.8 Å². The lowest BCUT2D eigenvalue weighted by atomic mass is 10.1. The standard InChI is InChI=1S/C7H4N2O7.2ClH/c10-6-4(8(13)14)1-3(7(11)12)2-5(6)9(15)16;;/h1-2,10H,(H,11,12);2*1H. The third-order valence-electron chi connectivity index (χ3n) is 1.71. The van der Waals surface area contributed by atoms with Crippen molar-refractivity contribution in [1.82, 2.24) is 0 Å². The Balaban J connectivity index is 0. The van der Waals surface area contributed by atoms with Gasteiger partial charge in [0.05, 0.1) is 15.4 Å². The van der Waals surface area contributed by atoms with Gasteiger partial charge in [0, 0.05) is 12.1 Å². The molecule has 0 saturated heterocycles. The Morgan fingerprint density at radius 2 is 1.39 bits per heavy atom. The first-order chi connectivity index (χ1) is 7.34. The summed E-state index contributed by atoms with van der Waals surface area (Å²) >= 11 is 0. The Labute approximate surface area is 111 Å². The van der Waals surface area contributed by atoms with Crippen molar-refractivity contribution in [2.45, 2.75) is 0 Å². The molecule has 0 saturated carbocycles. The van der Waals surface area contributed by atoms with E-state index >= 15 is 0 Å². The molecule has 0 heterocycles. The van der Waals surface area contributed by atoms with Gasteiger partial charge in [-0.3, -0.25) is 20.2 Å². The first-order valence-electron chi connectivity index (χ1n) is 3.73. The van der Waals surface area contributed by atoms with Gasteiger partial charge < -0.3 is 10.2 Å². The SMILES string of the molecule is Cl.Cl.O=C(O)c1cc([N+](=O)[O-])c(O)c([N+](=O)[O-])c1. The second-order valence-corrected chi connectivity index (χ2v) is 2.68. The van der Waals surface area contributed by atoms with Crippen LogP contribution in [0.15, 0.2) is 12.1 Å². The molecule has 0 aromatic heterocycles. The summed E-state index contributed by atoms with van der Waals surface area (Å²) in [6.45, 7) is 0. The molecule has 0 aliphatic carbocycles. The van der Waals surface area contributed by atoms with Crippen LogP contribution in [0.2, 0.25) is 0 Å². The predicted molar refractivity (Wildman–Crippen MR) is 62.9 cm³/mol. The van der Waals surface area contributed by atoms with E-state index in [-0.39, 0.29) is 24.8 Å². The van der Waals surface area contributed by atoms with E-state index in [2.05, 4.69) is 0 Å². The lowest BCUT2D eigenvalue weighted by Crippen LogP contribution is -2.01. The van der Waals surface area contributed by atoms with Gasteiger partial charge in [-0.05, 0) is 0 Å². The summed E-state index contributed by atoms with van der Waals surface area (Å²) in [6.07, 6.45) is 0. The molecular weight excluding hydrogens is 295 g/mol. The van der Waals surface area contributed by atoms with Crippen molar-refractivity contribution in [3.63, 3.8) is 0 Å². The predicted octanol–water partition coefficient (Wildman–Crippen LogP) is 1.75. The molecule has 18 heavy (non-hydrogen) atoms. The number of phenolic OH excluding ortho intramolecular Hbond substituents is 1. The van der Waals surface area contributed by atoms with E-state index in [9.17, 15) is 25.0 Å². The molecule has 11 heteroatoms. The van der Waals surface area contributed by atoms with Crippen molar-refractivity contribution in [3.8, 4) is 5.75 Å². The number of aromatic hydroxyl groups is 1. The molecule has 0 amide bonds. The Kier molecular flexibility index (Phi) is 6.66. The van der Waals surface area contributed by atoms with Crippen LogP contribution in [-0.2, 0) is 0 Å². The smallest absolute Gasteiger partial charge is 0.336 e. The Bertz CT molecular complexity index is 470. The van der Waals surface area contributed by atoms with Crippen molar-refractivity contribution < 1.29 is 24.9 Å². The van der Waals surface area contributed by atoms with Gasteiger partial charge in [0.25, 0.3) is 5.75 Å². The zero-order valence-corrected chi connectivity index (χ0v) is 9.93. The van der Waals surface area contributed by atoms with Gasteiger partial charge in [-0.25, -0.2) is 4.79 Å². The normalized spacial score (nSPS) is 8.67. The summed E-state index contributed by atoms with van der Waals surface area (Å²) in [5.41, 5.74) is -2.69. The zero-order chi connectivity index (χ0) is 12.5. The van der Waals surface area contributed by atoms with E-state index in [1.807, 2.05) is 0 Å². The molecule has 0 spiro atoms. The zero-order valence-electron chi connectivity index (χ0n) is 8.30. The second-order valence-electron chi connectivity index (χ2n) is 2.68. The number of nitro groups is 2. The van der Waals surface area contributed by atoms with Crippen LogP contribution in [0.4, 0.5) is 11.4 Å². The number of carboxylic acids is 1. The number of hydrogen-bond donors (Lipinski definition) is 2. The van der Waals surface area contributed by atoms with Crippen LogP contribution in [0.5, 0.6) is 5.75 Å². The highest BCUT2D eigenvalue weighted by atomic mass is 35.5. The van der Waals surface area contributed by atoms with Gasteiger partial charge in [-0.15, -0.1) is 24.8 Å². The highest BCUT2D eigenvalue weighted by Gasteiger charge is 2.27. The number of nitrogens with zero attached hydrogens (tertiary/aromatic N) is 2. The van der Waals surface area contributed by atoms with E-state index in [1.165, 1.54) is 0 Å². The van der Waals surface area contributed by atoms with Crippen molar-refractivity contribution in [2.75, 3.05) is 0 Å². The maximum atomic E-state index is 10.5. The van der Waals surface area contributed by atoms with E-state index in [0.717, 1.165) is 0 Å². The molecule has 1 aromatic rings. The molecule has 1 aromatic carbocycles. The number of benzene rings is 1. The third-order valence-corrected chi connectivity index (χ3v) is 1.71. The molecule has 1 rings (SSSR count). The van der Waals surface area contributed by atoms with E-state index in [1.54, 1.807) is 0 Å². The fourth-order valence-corrected chi connectivity index (χ4v) is 1.01. The van der Waals surface area contributed by atoms with E-state index in [0.29, 0.717) is 12.1 Å². The number of aromatic carboxylic acids is 1. The largest absolute Gasteiger partial charge is 0.497 e. The molecule has 100 valence electrons. The number of rotatable bonds is 3. The van der Waals surface area contributed by atoms with Gasteiger partial charge in [-0.2, -0.15) is 0 Å². The molecule has 0 aliphatic rings. The molecule has 0 atom stereocenters. The Morgan fingerprint density at radius 3 is 1.61 bits per heavy atom. The molecule has 2 N–H and O–H groups in total. The first-order valence-corrected chi connectivity index (χ1v) is 3.73.